The van der Waals surface area contributed by atoms with E-state index in [0.29, 0.717) is 54.9 Å². The maximum atomic E-state index is 14.2. The normalized spacial score (nSPS) is 20.9. The number of hydrogen-bond acceptors (Lipinski definition) is 5. The fourth-order valence-electron chi connectivity index (χ4n) is 6.58. The van der Waals surface area contributed by atoms with Crippen molar-refractivity contribution < 1.29 is 19.1 Å². The lowest BCUT2D eigenvalue weighted by Crippen LogP contribution is -2.61. The molecule has 3 aliphatic rings. The van der Waals surface area contributed by atoms with E-state index in [9.17, 15) is 14.4 Å². The molecule has 226 valence electrons. The number of halogens is 2. The second-order valence-corrected chi connectivity index (χ2v) is 12.4. The van der Waals surface area contributed by atoms with Crippen LogP contribution in [0.1, 0.15) is 63.0 Å². The third-order valence-electron chi connectivity index (χ3n) is 8.83. The lowest BCUT2D eigenvalue weighted by Gasteiger charge is -2.46. The second kappa shape index (κ2) is 13.7. The number of nitrogens with one attached hydrogen (secondary N) is 1. The molecule has 2 aromatic rings. The third-order valence-corrected chi connectivity index (χ3v) is 9.30. The number of hydrogen-bond donors (Lipinski definition) is 1. The Balaban J connectivity index is 1.44. The summed E-state index contributed by atoms with van der Waals surface area (Å²) in [7, 11) is 0. The summed E-state index contributed by atoms with van der Waals surface area (Å²) >= 11 is 12.7. The number of piperazine rings is 1. The highest BCUT2D eigenvalue weighted by atomic mass is 35.5. The number of carbonyl (C=O) groups is 3. The Morgan fingerprint density at radius 3 is 2.43 bits per heavy atom. The first-order valence-corrected chi connectivity index (χ1v) is 15.9. The summed E-state index contributed by atoms with van der Waals surface area (Å²) in [5, 5.41) is 4.24. The van der Waals surface area contributed by atoms with Crippen molar-refractivity contribution in [2.45, 2.75) is 69.9 Å². The Labute approximate surface area is 258 Å². The highest BCUT2D eigenvalue weighted by Crippen LogP contribution is 2.46. The molecule has 2 heterocycles. The van der Waals surface area contributed by atoms with Crippen molar-refractivity contribution in [1.82, 2.24) is 14.7 Å². The first-order valence-electron chi connectivity index (χ1n) is 15.1. The molecule has 2 aromatic carbocycles. The molecule has 42 heavy (non-hydrogen) atoms. The van der Waals surface area contributed by atoms with Crippen LogP contribution in [0.4, 0.5) is 10.5 Å². The Bertz CT molecular complexity index is 1290. The van der Waals surface area contributed by atoms with Gasteiger partial charge in [-0.3, -0.25) is 14.5 Å². The molecular formula is C32H40Cl2N4O4. The smallest absolute Gasteiger partial charge is 0.409 e. The predicted molar refractivity (Wildman–Crippen MR) is 165 cm³/mol. The summed E-state index contributed by atoms with van der Waals surface area (Å²) in [4.78, 5) is 46.3. The van der Waals surface area contributed by atoms with E-state index in [1.165, 1.54) is 0 Å². The number of amides is 3. The molecule has 1 N–H and O–H groups in total. The van der Waals surface area contributed by atoms with Gasteiger partial charge in [-0.15, -0.1) is 0 Å². The van der Waals surface area contributed by atoms with Crippen molar-refractivity contribution in [3.8, 4) is 0 Å². The van der Waals surface area contributed by atoms with E-state index in [-0.39, 0.29) is 30.5 Å². The first kappa shape index (κ1) is 30.6. The van der Waals surface area contributed by atoms with Gasteiger partial charge in [0.25, 0.3) is 0 Å². The number of unbranched alkanes of at least 4 members (excludes halogenated alkanes) is 1. The molecule has 0 bridgehead atoms. The van der Waals surface area contributed by atoms with Crippen LogP contribution in [0.5, 0.6) is 0 Å². The van der Waals surface area contributed by atoms with Crippen molar-refractivity contribution in [2.75, 3.05) is 44.6 Å². The zero-order valence-corrected chi connectivity index (χ0v) is 25.8. The average molecular weight is 616 g/mol. The molecule has 1 aliphatic carbocycles. The van der Waals surface area contributed by atoms with Crippen molar-refractivity contribution >= 4 is 46.8 Å². The Morgan fingerprint density at radius 1 is 1.00 bits per heavy atom. The van der Waals surface area contributed by atoms with Crippen molar-refractivity contribution in [1.29, 1.82) is 0 Å². The largest absolute Gasteiger partial charge is 0.449 e. The minimum absolute atomic E-state index is 0.0414. The van der Waals surface area contributed by atoms with Crippen molar-refractivity contribution in [3.63, 3.8) is 0 Å². The van der Waals surface area contributed by atoms with Gasteiger partial charge in [-0.05, 0) is 49.1 Å². The standard InChI is InChI=1S/C32H40Cl2N4O4/c1-2-3-18-42-31(41)37-16-14-36(15-17-37)29(39)22-38(26-10-5-4-6-11-26)32(21-23-8-7-9-24(33)19-23)27-13-12-25(34)20-28(27)35-30(32)40/h7-9,12-13,19-20,26H,2-6,10-11,14-18,21-22H2,1H3,(H,35,40). The van der Waals surface area contributed by atoms with Gasteiger partial charge < -0.3 is 19.9 Å². The monoisotopic (exact) mass is 614 g/mol. The van der Waals surface area contributed by atoms with Gasteiger partial charge in [0.2, 0.25) is 11.8 Å². The molecule has 5 rings (SSSR count). The third kappa shape index (κ3) is 6.56. The molecule has 3 amide bonds. The van der Waals surface area contributed by atoms with Crippen molar-refractivity contribution in [2.24, 2.45) is 0 Å². The molecule has 1 unspecified atom stereocenters. The summed E-state index contributed by atoms with van der Waals surface area (Å²) in [6, 6.07) is 13.2. The number of carbonyl (C=O) groups excluding carboxylic acids is 3. The summed E-state index contributed by atoms with van der Waals surface area (Å²) in [5.74, 6) is -0.196. The average Bonchev–Trinajstić information content (AvgIpc) is 3.26. The van der Waals surface area contributed by atoms with Crippen LogP contribution in [0.2, 0.25) is 10.0 Å². The maximum absolute atomic E-state index is 14.2. The second-order valence-electron chi connectivity index (χ2n) is 11.6. The van der Waals surface area contributed by atoms with Gasteiger partial charge in [-0.25, -0.2) is 4.79 Å². The van der Waals surface area contributed by atoms with Gasteiger partial charge in [0.1, 0.15) is 5.54 Å². The molecule has 1 saturated heterocycles. The molecule has 0 radical (unpaired) electrons. The fourth-order valence-corrected chi connectivity index (χ4v) is 6.97. The van der Waals surface area contributed by atoms with Crippen LogP contribution in [-0.2, 0) is 26.3 Å². The summed E-state index contributed by atoms with van der Waals surface area (Å²) in [6.45, 7) is 4.28. The minimum atomic E-state index is -1.10. The molecule has 0 aromatic heterocycles. The van der Waals surface area contributed by atoms with E-state index in [2.05, 4.69) is 17.1 Å². The van der Waals surface area contributed by atoms with Crippen LogP contribution in [0.3, 0.4) is 0 Å². The van der Waals surface area contributed by atoms with E-state index >= 15 is 0 Å². The highest BCUT2D eigenvalue weighted by Gasteiger charge is 2.54. The van der Waals surface area contributed by atoms with Gasteiger partial charge in [-0.2, -0.15) is 0 Å². The molecule has 2 aliphatic heterocycles. The summed E-state index contributed by atoms with van der Waals surface area (Å²) in [6.07, 6.45) is 6.92. The van der Waals surface area contributed by atoms with E-state index in [1.54, 1.807) is 11.0 Å². The number of rotatable bonds is 9. The zero-order chi connectivity index (χ0) is 29.7. The quantitative estimate of drug-likeness (QED) is 0.345. The predicted octanol–water partition coefficient (Wildman–Crippen LogP) is 6.10. The maximum Gasteiger partial charge on any atom is 0.409 e. The van der Waals surface area contributed by atoms with E-state index in [4.69, 9.17) is 27.9 Å². The van der Waals surface area contributed by atoms with Gasteiger partial charge in [-0.1, -0.05) is 74.0 Å². The van der Waals surface area contributed by atoms with E-state index < -0.39 is 5.54 Å². The van der Waals surface area contributed by atoms with E-state index in [1.807, 2.05) is 41.3 Å². The fraction of sp³-hybridized carbons (Fsp3) is 0.531. The summed E-state index contributed by atoms with van der Waals surface area (Å²) in [5.41, 5.74) is 1.32. The van der Waals surface area contributed by atoms with Gasteiger partial charge >= 0.3 is 6.09 Å². The summed E-state index contributed by atoms with van der Waals surface area (Å²) < 4.78 is 5.37. The molecule has 10 heteroatoms. The lowest BCUT2D eigenvalue weighted by atomic mass is 9.80. The van der Waals surface area contributed by atoms with Crippen LogP contribution in [0.25, 0.3) is 0 Å². The molecule has 1 atom stereocenters. The minimum Gasteiger partial charge on any atom is -0.449 e. The number of benzene rings is 2. The van der Waals surface area contributed by atoms with Crippen LogP contribution in [-0.4, -0.2) is 78.0 Å². The molecular weight excluding hydrogens is 575 g/mol. The lowest BCUT2D eigenvalue weighted by molar-refractivity contribution is -0.141. The van der Waals surface area contributed by atoms with Crippen LogP contribution >= 0.6 is 23.2 Å². The van der Waals surface area contributed by atoms with Crippen LogP contribution < -0.4 is 5.32 Å². The number of anilines is 1. The van der Waals surface area contributed by atoms with E-state index in [0.717, 1.165) is 56.1 Å². The Kier molecular flexibility index (Phi) is 9.96. The van der Waals surface area contributed by atoms with Crippen LogP contribution in [0.15, 0.2) is 42.5 Å². The molecule has 1 saturated carbocycles. The highest BCUT2D eigenvalue weighted by molar-refractivity contribution is 6.31. The van der Waals surface area contributed by atoms with Gasteiger partial charge in [0.05, 0.1) is 13.2 Å². The number of nitrogens with zero attached hydrogens (tertiary/aromatic N) is 3. The zero-order valence-electron chi connectivity index (χ0n) is 24.2. The van der Waals surface area contributed by atoms with Crippen molar-refractivity contribution in [3.05, 3.63) is 63.6 Å². The van der Waals surface area contributed by atoms with Gasteiger partial charge in [0.15, 0.2) is 0 Å². The SMILES string of the molecule is CCCCOC(=O)N1CCN(C(=O)CN(C2CCCCC2)C2(Cc3cccc(Cl)c3)C(=O)Nc3cc(Cl)ccc32)CC1. The first-order chi connectivity index (χ1) is 20.3. The number of ether oxygens (including phenoxy) is 1. The molecule has 2 fully saturated rings. The van der Waals surface area contributed by atoms with Gasteiger partial charge in [0, 0.05) is 59.9 Å². The number of fused-ring (bicyclic) bond motifs is 1. The Hall–Kier alpha value is -2.81. The Morgan fingerprint density at radius 2 is 1.71 bits per heavy atom. The van der Waals surface area contributed by atoms with Crippen LogP contribution in [0, 0.1) is 0 Å². The molecule has 0 spiro atoms. The topological polar surface area (TPSA) is 82.2 Å². The molecule has 8 nitrogen and oxygen atoms in total.